The van der Waals surface area contributed by atoms with Crippen LogP contribution >= 0.6 is 0 Å². The van der Waals surface area contributed by atoms with E-state index in [2.05, 4.69) is 204 Å². The van der Waals surface area contributed by atoms with E-state index in [1.165, 1.54) is 0 Å². The Labute approximate surface area is 416 Å². The van der Waals surface area contributed by atoms with E-state index in [4.69, 9.17) is 12.8 Å². The average Bonchev–Trinajstić information content (AvgIpc) is 3.36. The van der Waals surface area contributed by atoms with Gasteiger partial charge >= 0.3 is 0 Å². The standard InChI is InChI=1S/C54H26.4C2H6.30H2/c1-3-5-7-9-11-15-21-41-27-37-49-51(39-41)53(47-33-29-45(30-34-47)43-23-17-13-18-24-43)50-38-28-42(22-16-12-10-8-6-4-2)40-52(50)54(49)48-35-31-46(32-36-48)44-25-19-14-20-26-44;4*1-2;;;;;;;;;;;;;;;;;;;;;;;;;;;;;;/h1-2,13-14,17-20,23-40H;4*1-2H3;30*1H. The van der Waals surface area contributed by atoms with Crippen molar-refractivity contribution in [2.45, 2.75) is 55.4 Å². The molecule has 0 N–H and O–H groups in total. The van der Waals surface area contributed by atoms with Gasteiger partial charge < -0.3 is 0 Å². The molecule has 0 aromatic heterocycles. The lowest BCUT2D eigenvalue weighted by atomic mass is 9.84. The molecule has 0 unspecified atom stereocenters. The van der Waals surface area contributed by atoms with Crippen molar-refractivity contribution >= 4 is 21.5 Å². The van der Waals surface area contributed by atoms with Crippen LogP contribution in [0.5, 0.6) is 0 Å². The molecule has 7 rings (SSSR count). The Morgan fingerprint density at radius 1 is 0.290 bits per heavy atom. The topological polar surface area (TPSA) is 0 Å². The lowest BCUT2D eigenvalue weighted by molar-refractivity contribution is 1.50. The highest BCUT2D eigenvalue weighted by Crippen LogP contribution is 2.45. The summed E-state index contributed by atoms with van der Waals surface area (Å²) in [5, 5.41) is 4.31. The van der Waals surface area contributed by atoms with Gasteiger partial charge in [0.15, 0.2) is 0 Å². The molecule has 7 aromatic rings. The van der Waals surface area contributed by atoms with Gasteiger partial charge in [-0.25, -0.2) is 0 Å². The van der Waals surface area contributed by atoms with E-state index in [1.54, 1.807) is 0 Å². The van der Waals surface area contributed by atoms with Gasteiger partial charge in [0.25, 0.3) is 0 Å². The summed E-state index contributed by atoms with van der Waals surface area (Å²) in [6, 6.07) is 51.0. The van der Waals surface area contributed by atoms with Crippen molar-refractivity contribution in [3.05, 3.63) is 157 Å². The maximum Gasteiger partial charge on any atom is 0.0262 e. The fourth-order valence-electron chi connectivity index (χ4n) is 6.39. The molecular weight excluding hydrogens is 745 g/mol. The summed E-state index contributed by atoms with van der Waals surface area (Å²) in [6.45, 7) is 16.0. The van der Waals surface area contributed by atoms with Gasteiger partial charge in [0.2, 0.25) is 0 Å². The van der Waals surface area contributed by atoms with Crippen LogP contribution in [0.3, 0.4) is 0 Å². The number of terminal acetylenes is 2. The van der Waals surface area contributed by atoms with Crippen LogP contribution < -0.4 is 0 Å². The van der Waals surface area contributed by atoms with Crippen molar-refractivity contribution < 1.29 is 42.8 Å². The molecule has 0 aliphatic carbocycles. The molecule has 0 saturated carbocycles. The number of fused-ring (bicyclic) bond motifs is 2. The van der Waals surface area contributed by atoms with Crippen LogP contribution in [0.25, 0.3) is 66.1 Å². The van der Waals surface area contributed by atoms with Crippen molar-refractivity contribution in [3.63, 3.8) is 0 Å². The van der Waals surface area contributed by atoms with Crippen LogP contribution in [0.15, 0.2) is 146 Å². The summed E-state index contributed by atoms with van der Waals surface area (Å²) in [5.41, 5.74) is 10.7. The van der Waals surface area contributed by atoms with Gasteiger partial charge in [-0.1, -0.05) is 189 Å². The zero-order valence-corrected chi connectivity index (χ0v) is 37.0. The number of rotatable bonds is 4. The van der Waals surface area contributed by atoms with E-state index in [0.717, 1.165) is 77.2 Å². The van der Waals surface area contributed by atoms with Gasteiger partial charge in [0.05, 0.1) is 0 Å². The van der Waals surface area contributed by atoms with Gasteiger partial charge in [0, 0.05) is 53.9 Å². The molecule has 62 heavy (non-hydrogen) atoms. The first-order valence-electron chi connectivity index (χ1n) is 21.0. The van der Waals surface area contributed by atoms with Crippen molar-refractivity contribution in [1.82, 2.24) is 0 Å². The molecule has 0 heteroatoms. The van der Waals surface area contributed by atoms with Crippen LogP contribution in [0.4, 0.5) is 0 Å². The van der Waals surface area contributed by atoms with Crippen molar-refractivity contribution in [1.29, 1.82) is 0 Å². The summed E-state index contributed by atoms with van der Waals surface area (Å²) in [7, 11) is 0. The highest BCUT2D eigenvalue weighted by molar-refractivity contribution is 6.22. The number of hydrogen-bond acceptors (Lipinski definition) is 0. The van der Waals surface area contributed by atoms with Crippen LogP contribution in [-0.4, -0.2) is 0 Å². The minimum atomic E-state index is 0. The largest absolute Gasteiger partial charge is 0.106 e. The van der Waals surface area contributed by atoms with Gasteiger partial charge in [-0.15, -0.1) is 12.8 Å². The van der Waals surface area contributed by atoms with Gasteiger partial charge in [-0.3, -0.25) is 0 Å². The van der Waals surface area contributed by atoms with Gasteiger partial charge in [-0.2, -0.15) is 0 Å². The highest BCUT2D eigenvalue weighted by Gasteiger charge is 2.18. The lowest BCUT2D eigenvalue weighted by Gasteiger charge is -2.19. The van der Waals surface area contributed by atoms with Crippen LogP contribution in [0.1, 0.15) is 109 Å². The van der Waals surface area contributed by atoms with E-state index >= 15 is 0 Å². The zero-order valence-electron chi connectivity index (χ0n) is 37.0. The third-order valence-electron chi connectivity index (χ3n) is 8.74. The van der Waals surface area contributed by atoms with Crippen molar-refractivity contribution in [2.24, 2.45) is 0 Å². The Morgan fingerprint density at radius 3 is 0.919 bits per heavy atom. The Kier molecular flexibility index (Phi) is 21.1. The normalized spacial score (nSPS) is 8.48. The summed E-state index contributed by atoms with van der Waals surface area (Å²) in [5.74, 6) is 38.0. The SMILES string of the molecule is C#CC#CC#CC#Cc1ccc2c(-c3ccc(-c4ccccc4)cc3)c3cc(C#CC#CC#CC#C)ccc3c(-c3ccc(-c4ccccc4)cc3)c2c1.CC.CC.CC.CC.[HH].[HH].[HH].[HH].[HH].[HH].[HH].[HH].[HH].[HH].[HH].[HH].[HH].[HH].[HH].[HH].[HH].[HH].[HH].[HH].[HH].[HH].[HH].[HH].[HH].[HH].[HH].[HH].[HH].[HH]. The molecule has 0 spiro atoms. The molecule has 0 aliphatic heterocycles. The van der Waals surface area contributed by atoms with E-state index in [1.807, 2.05) is 79.7 Å². The first-order chi connectivity index (χ1) is 30.7. The van der Waals surface area contributed by atoms with E-state index in [9.17, 15) is 0 Å². The monoisotopic (exact) mass is 855 g/mol. The Morgan fingerprint density at radius 2 is 0.581 bits per heavy atom. The van der Waals surface area contributed by atoms with Crippen molar-refractivity contribution in [3.8, 4) is 140 Å². The quantitative estimate of drug-likeness (QED) is 0.122. The molecule has 0 saturated heterocycles. The predicted octanol–water partition coefficient (Wildman–Crippen LogP) is 22.1. The minimum Gasteiger partial charge on any atom is -0.106 e. The molecule has 0 heterocycles. The minimum absolute atomic E-state index is 0. The Hall–Kier alpha value is -8.46. The van der Waals surface area contributed by atoms with E-state index in [-0.39, 0.29) is 42.8 Å². The summed E-state index contributed by atoms with van der Waals surface area (Å²) < 4.78 is 0. The van der Waals surface area contributed by atoms with Crippen LogP contribution in [0.2, 0.25) is 0 Å². The van der Waals surface area contributed by atoms with E-state index in [0.29, 0.717) is 0 Å². The van der Waals surface area contributed by atoms with Crippen molar-refractivity contribution in [2.75, 3.05) is 0 Å². The first kappa shape index (κ1) is 47.9. The van der Waals surface area contributed by atoms with Crippen LogP contribution in [0, 0.1) is 95.7 Å². The average molecular weight is 856 g/mol. The second-order valence-corrected chi connectivity index (χ2v) is 11.9. The molecule has 0 atom stereocenters. The fraction of sp³-hybridized carbons (Fsp3) is 0.129. The predicted molar refractivity (Wildman–Crippen MR) is 335 cm³/mol. The van der Waals surface area contributed by atoms with Crippen LogP contribution in [-0.2, 0) is 0 Å². The van der Waals surface area contributed by atoms with Gasteiger partial charge in [0.1, 0.15) is 0 Å². The molecule has 0 nitrogen and oxygen atoms in total. The smallest absolute Gasteiger partial charge is 0.0262 e. The number of hydrogen-bond donors (Lipinski definition) is 0. The molecule has 0 amide bonds. The summed E-state index contributed by atoms with van der Waals surface area (Å²) >= 11 is 0. The molecular formula is C62H110. The third-order valence-corrected chi connectivity index (χ3v) is 8.74. The molecule has 0 fully saturated rings. The molecule has 0 aliphatic rings. The summed E-state index contributed by atoms with van der Waals surface area (Å²) in [4.78, 5) is 0. The molecule has 0 bridgehead atoms. The molecule has 0 radical (unpaired) electrons. The summed E-state index contributed by atoms with van der Waals surface area (Å²) in [6.07, 6.45) is 10.4. The zero-order chi connectivity index (χ0) is 45.0. The molecule has 7 aromatic carbocycles. The first-order valence-corrected chi connectivity index (χ1v) is 21.0. The third kappa shape index (κ3) is 12.8. The highest BCUT2D eigenvalue weighted by atomic mass is 14.2. The Balaban J connectivity index is -0.0000000400. The second-order valence-electron chi connectivity index (χ2n) is 11.9. The Bertz CT molecular complexity index is 2910. The maximum atomic E-state index is 5.22. The molecule has 358 valence electrons. The van der Waals surface area contributed by atoms with E-state index < -0.39 is 0 Å². The fourth-order valence-corrected chi connectivity index (χ4v) is 6.39. The van der Waals surface area contributed by atoms with Gasteiger partial charge in [-0.05, 0) is 161 Å². The maximum absolute atomic E-state index is 5.22. The number of benzene rings is 7. The second kappa shape index (κ2) is 27.3. The lowest BCUT2D eigenvalue weighted by Crippen LogP contribution is -1.93.